The fourth-order valence-electron chi connectivity index (χ4n) is 3.74. The van der Waals surface area contributed by atoms with Crippen LogP contribution in [0.3, 0.4) is 0 Å². The molecule has 0 heterocycles. The minimum absolute atomic E-state index is 0.0318. The first kappa shape index (κ1) is 31.0. The highest BCUT2D eigenvalue weighted by molar-refractivity contribution is 7.92. The molecular weight excluding hydrogens is 604 g/mol. The highest BCUT2D eigenvalue weighted by atomic mass is 35.5. The van der Waals surface area contributed by atoms with E-state index in [1.54, 1.807) is 57.2 Å². The molecule has 0 bridgehead atoms. The number of carbonyl (C=O) groups excluding carboxylic acids is 2. The number of hydrogen-bond donors (Lipinski definition) is 1. The van der Waals surface area contributed by atoms with Gasteiger partial charge in [0.1, 0.15) is 12.6 Å². The average Bonchev–Trinajstić information content (AvgIpc) is 2.87. The highest BCUT2D eigenvalue weighted by Gasteiger charge is 2.33. The largest absolute Gasteiger partial charge is 0.352 e. The van der Waals surface area contributed by atoms with Crippen LogP contribution in [-0.4, -0.2) is 43.8 Å². The lowest BCUT2D eigenvalue weighted by Gasteiger charge is -2.32. The topological polar surface area (TPSA) is 86.8 Å². The van der Waals surface area contributed by atoms with E-state index in [9.17, 15) is 18.0 Å². The first-order chi connectivity index (χ1) is 18.3. The molecule has 1 atom stereocenters. The molecule has 0 aliphatic heterocycles. The molecule has 3 aromatic carbocycles. The third kappa shape index (κ3) is 7.80. The van der Waals surface area contributed by atoms with Gasteiger partial charge in [-0.15, -0.1) is 0 Å². The Balaban J connectivity index is 2.07. The fourth-order valence-corrected chi connectivity index (χ4v) is 6.07. The molecule has 0 radical (unpaired) electrons. The van der Waals surface area contributed by atoms with Crippen LogP contribution in [0.4, 0.5) is 5.69 Å². The Morgan fingerprint density at radius 3 is 2.10 bits per heavy atom. The quantitative estimate of drug-likeness (QED) is 0.279. The van der Waals surface area contributed by atoms with Crippen molar-refractivity contribution in [2.75, 3.05) is 10.8 Å². The minimum Gasteiger partial charge on any atom is -0.352 e. The molecule has 0 saturated carbocycles. The van der Waals surface area contributed by atoms with Crippen LogP contribution < -0.4 is 9.62 Å². The lowest BCUT2D eigenvalue weighted by atomic mass is 10.1. The molecule has 0 saturated heterocycles. The molecule has 7 nitrogen and oxygen atoms in total. The molecule has 1 N–H and O–H groups in total. The number of nitrogens with zero attached hydrogens (tertiary/aromatic N) is 2. The Labute approximate surface area is 248 Å². The summed E-state index contributed by atoms with van der Waals surface area (Å²) >= 11 is 24.7. The van der Waals surface area contributed by atoms with E-state index in [4.69, 9.17) is 46.4 Å². The number of hydrogen-bond acceptors (Lipinski definition) is 4. The maximum atomic E-state index is 13.9. The number of halogens is 4. The van der Waals surface area contributed by atoms with Crippen molar-refractivity contribution in [3.63, 3.8) is 0 Å². The summed E-state index contributed by atoms with van der Waals surface area (Å²) in [4.78, 5) is 28.1. The van der Waals surface area contributed by atoms with Crippen LogP contribution in [0, 0.1) is 0 Å². The molecular formula is C27H27Cl4N3O4S. The second kappa shape index (κ2) is 13.2. The summed E-state index contributed by atoms with van der Waals surface area (Å²) in [5.41, 5.74) is 0.663. The zero-order valence-electron chi connectivity index (χ0n) is 21.4. The Kier molecular flexibility index (Phi) is 10.5. The lowest BCUT2D eigenvalue weighted by molar-refractivity contribution is -0.139. The molecule has 39 heavy (non-hydrogen) atoms. The predicted octanol–water partition coefficient (Wildman–Crippen LogP) is 6.44. The van der Waals surface area contributed by atoms with Gasteiger partial charge < -0.3 is 10.2 Å². The van der Waals surface area contributed by atoms with Crippen molar-refractivity contribution in [1.29, 1.82) is 0 Å². The second-order valence-electron chi connectivity index (χ2n) is 9.03. The SMILES string of the molecule is CC(C)NC(=O)C(C)N(Cc1ccc(Cl)c(Cl)c1)C(=O)CN(c1ccc(Cl)cc1Cl)S(=O)(=O)c1ccccc1. The van der Waals surface area contributed by atoms with E-state index in [-0.39, 0.29) is 33.2 Å². The number of benzene rings is 3. The van der Waals surface area contributed by atoms with Gasteiger partial charge in [-0.25, -0.2) is 8.42 Å². The average molecular weight is 631 g/mol. The first-order valence-electron chi connectivity index (χ1n) is 11.9. The van der Waals surface area contributed by atoms with Gasteiger partial charge in [0.25, 0.3) is 10.0 Å². The van der Waals surface area contributed by atoms with Gasteiger partial charge in [-0.3, -0.25) is 13.9 Å². The zero-order valence-corrected chi connectivity index (χ0v) is 25.2. The number of sulfonamides is 1. The van der Waals surface area contributed by atoms with E-state index >= 15 is 0 Å². The van der Waals surface area contributed by atoms with Crippen molar-refractivity contribution < 1.29 is 18.0 Å². The lowest BCUT2D eigenvalue weighted by Crippen LogP contribution is -2.52. The smallest absolute Gasteiger partial charge is 0.264 e. The van der Waals surface area contributed by atoms with Crippen LogP contribution in [0.1, 0.15) is 26.3 Å². The predicted molar refractivity (Wildman–Crippen MR) is 157 cm³/mol. The van der Waals surface area contributed by atoms with Gasteiger partial charge in [0.2, 0.25) is 11.8 Å². The zero-order chi connectivity index (χ0) is 28.9. The molecule has 12 heteroatoms. The number of nitrogens with one attached hydrogen (secondary N) is 1. The number of amides is 2. The normalized spacial score (nSPS) is 12.2. The van der Waals surface area contributed by atoms with Crippen LogP contribution in [0.15, 0.2) is 71.6 Å². The molecule has 0 aromatic heterocycles. The minimum atomic E-state index is -4.25. The van der Waals surface area contributed by atoms with Crippen LogP contribution in [0.5, 0.6) is 0 Å². The molecule has 3 rings (SSSR count). The standard InChI is InChI=1S/C27H27Cl4N3O4S/c1-17(2)32-27(36)18(3)33(15-19-9-11-22(29)23(30)13-19)26(35)16-34(25-12-10-20(28)14-24(25)31)39(37,38)21-7-5-4-6-8-21/h4-14,17-18H,15-16H2,1-3H3,(H,32,36). The van der Waals surface area contributed by atoms with Crippen LogP contribution in [0.2, 0.25) is 20.1 Å². The van der Waals surface area contributed by atoms with Crippen LogP contribution in [0.25, 0.3) is 0 Å². The van der Waals surface area contributed by atoms with Gasteiger partial charge in [0.15, 0.2) is 0 Å². The van der Waals surface area contributed by atoms with E-state index in [0.717, 1.165) is 4.31 Å². The van der Waals surface area contributed by atoms with Crippen molar-refractivity contribution in [2.45, 2.75) is 44.3 Å². The van der Waals surface area contributed by atoms with Crippen LogP contribution >= 0.6 is 46.4 Å². The summed E-state index contributed by atoms with van der Waals surface area (Å²) in [7, 11) is -4.25. The maximum absolute atomic E-state index is 13.9. The number of anilines is 1. The third-order valence-electron chi connectivity index (χ3n) is 5.72. The van der Waals surface area contributed by atoms with Crippen molar-refractivity contribution >= 4 is 73.9 Å². The number of rotatable bonds is 10. The van der Waals surface area contributed by atoms with Crippen molar-refractivity contribution in [3.8, 4) is 0 Å². The summed E-state index contributed by atoms with van der Waals surface area (Å²) < 4.78 is 28.5. The molecule has 0 aliphatic rings. The van der Waals surface area contributed by atoms with Gasteiger partial charge in [-0.05, 0) is 68.8 Å². The van der Waals surface area contributed by atoms with Crippen molar-refractivity contribution in [3.05, 3.63) is 92.4 Å². The summed E-state index contributed by atoms with van der Waals surface area (Å²) in [6.07, 6.45) is 0. The monoisotopic (exact) mass is 629 g/mol. The molecule has 3 aromatic rings. The molecule has 0 fully saturated rings. The molecule has 2 amide bonds. The summed E-state index contributed by atoms with van der Waals surface area (Å²) in [5.74, 6) is -1.04. The fraction of sp³-hybridized carbons (Fsp3) is 0.259. The van der Waals surface area contributed by atoms with E-state index < -0.39 is 34.4 Å². The second-order valence-corrected chi connectivity index (χ2v) is 12.6. The Hall–Kier alpha value is -2.49. The number of carbonyl (C=O) groups is 2. The van der Waals surface area contributed by atoms with Crippen LogP contribution in [-0.2, 0) is 26.2 Å². The van der Waals surface area contributed by atoms with Gasteiger partial charge in [-0.1, -0.05) is 70.7 Å². The van der Waals surface area contributed by atoms with Gasteiger partial charge in [0, 0.05) is 17.6 Å². The van der Waals surface area contributed by atoms with E-state index in [0.29, 0.717) is 15.6 Å². The third-order valence-corrected chi connectivity index (χ3v) is 8.77. The van der Waals surface area contributed by atoms with Crippen molar-refractivity contribution in [1.82, 2.24) is 10.2 Å². The van der Waals surface area contributed by atoms with Crippen molar-refractivity contribution in [2.24, 2.45) is 0 Å². The molecule has 0 spiro atoms. The van der Waals surface area contributed by atoms with E-state index in [1.807, 2.05) is 0 Å². The summed E-state index contributed by atoms with van der Waals surface area (Å²) in [6, 6.07) is 15.7. The summed E-state index contributed by atoms with van der Waals surface area (Å²) in [5, 5.41) is 3.74. The maximum Gasteiger partial charge on any atom is 0.264 e. The Bertz CT molecular complexity index is 1450. The van der Waals surface area contributed by atoms with Gasteiger partial charge >= 0.3 is 0 Å². The Morgan fingerprint density at radius 2 is 1.51 bits per heavy atom. The molecule has 0 aliphatic carbocycles. The van der Waals surface area contributed by atoms with E-state index in [1.165, 1.54) is 35.2 Å². The first-order valence-corrected chi connectivity index (χ1v) is 14.8. The van der Waals surface area contributed by atoms with Gasteiger partial charge in [0.05, 0.1) is 25.7 Å². The summed E-state index contributed by atoms with van der Waals surface area (Å²) in [6.45, 7) is 4.49. The Morgan fingerprint density at radius 1 is 0.846 bits per heavy atom. The van der Waals surface area contributed by atoms with Gasteiger partial charge in [-0.2, -0.15) is 0 Å². The van der Waals surface area contributed by atoms with E-state index in [2.05, 4.69) is 5.32 Å². The molecule has 208 valence electrons. The molecule has 1 unspecified atom stereocenters. The highest BCUT2D eigenvalue weighted by Crippen LogP contribution is 2.33.